The van der Waals surface area contributed by atoms with Crippen LogP contribution in [0, 0.1) is 0 Å². The second kappa shape index (κ2) is 10.4. The Hall–Kier alpha value is -0.820. The topological polar surface area (TPSA) is 39.7 Å². The Balaban J connectivity index is 0.00000225. The summed E-state index contributed by atoms with van der Waals surface area (Å²) in [5.74, 6) is 1.60. The van der Waals surface area contributed by atoms with Crippen LogP contribution < -0.4 is 10.6 Å². The number of rotatable bonds is 6. The highest BCUT2D eigenvalue weighted by molar-refractivity contribution is 14.0. The largest absolute Gasteiger partial charge is 0.357 e. The van der Waals surface area contributed by atoms with Crippen LogP contribution in [0.25, 0.3) is 0 Å². The maximum absolute atomic E-state index is 4.86. The number of aliphatic imine (C=N–C) groups is 1. The summed E-state index contributed by atoms with van der Waals surface area (Å²) in [5.41, 5.74) is 2.99. The smallest absolute Gasteiger partial charge is 0.191 e. The van der Waals surface area contributed by atoms with Crippen LogP contribution in [0.4, 0.5) is 0 Å². The van der Waals surface area contributed by atoms with Gasteiger partial charge in [-0.15, -0.1) is 24.0 Å². The minimum Gasteiger partial charge on any atom is -0.357 e. The van der Waals surface area contributed by atoms with Gasteiger partial charge in [0.15, 0.2) is 5.96 Å². The van der Waals surface area contributed by atoms with Crippen LogP contribution in [0.2, 0.25) is 0 Å². The van der Waals surface area contributed by atoms with Gasteiger partial charge in [0.2, 0.25) is 0 Å². The molecule has 1 aromatic rings. The van der Waals surface area contributed by atoms with Crippen molar-refractivity contribution in [3.05, 3.63) is 35.4 Å². The molecule has 1 heterocycles. The number of hydrogen-bond donors (Lipinski definition) is 2. The molecule has 1 atom stereocenters. The van der Waals surface area contributed by atoms with Crippen molar-refractivity contribution in [3.8, 4) is 0 Å². The highest BCUT2D eigenvalue weighted by Gasteiger charge is 2.25. The van der Waals surface area contributed by atoms with E-state index in [1.807, 2.05) is 0 Å². The fourth-order valence-corrected chi connectivity index (χ4v) is 3.86. The van der Waals surface area contributed by atoms with Crippen molar-refractivity contribution in [2.75, 3.05) is 32.7 Å². The molecule has 2 aliphatic rings. The van der Waals surface area contributed by atoms with E-state index in [-0.39, 0.29) is 24.0 Å². The zero-order valence-electron chi connectivity index (χ0n) is 15.6. The SMILES string of the molecule is CCCN1CCC(NC(=NCC2Cc3ccccc32)NCC)CC1.I. The van der Waals surface area contributed by atoms with E-state index in [1.54, 1.807) is 0 Å². The average molecular weight is 456 g/mol. The first kappa shape index (κ1) is 20.5. The normalized spacial score (nSPS) is 21.0. The summed E-state index contributed by atoms with van der Waals surface area (Å²) in [7, 11) is 0. The fraction of sp³-hybridized carbons (Fsp3) is 0.650. The Bertz CT molecular complexity index is 552. The van der Waals surface area contributed by atoms with E-state index in [0.29, 0.717) is 12.0 Å². The maximum atomic E-state index is 4.86. The molecule has 1 aliphatic carbocycles. The summed E-state index contributed by atoms with van der Waals surface area (Å²) in [5, 5.41) is 7.08. The lowest BCUT2D eigenvalue weighted by Gasteiger charge is -2.33. The molecule has 2 N–H and O–H groups in total. The zero-order chi connectivity index (χ0) is 16.8. The van der Waals surface area contributed by atoms with Crippen molar-refractivity contribution in [2.24, 2.45) is 4.99 Å². The molecule has 0 saturated carbocycles. The number of likely N-dealkylation sites (tertiary alicyclic amines) is 1. The van der Waals surface area contributed by atoms with Crippen molar-refractivity contribution in [2.45, 2.75) is 51.5 Å². The zero-order valence-corrected chi connectivity index (χ0v) is 18.0. The standard InChI is InChI=1S/C20H32N4.HI/c1-3-11-24-12-9-18(10-13-24)23-20(21-4-2)22-15-17-14-16-7-5-6-8-19(16)17;/h5-8,17-18H,3-4,9-15H2,1-2H3,(H2,21,22,23);1H. The summed E-state index contributed by atoms with van der Waals surface area (Å²) in [6.45, 7) is 9.87. The average Bonchev–Trinajstić information content (AvgIpc) is 2.58. The second-order valence-electron chi connectivity index (χ2n) is 7.08. The Morgan fingerprint density at radius 3 is 2.64 bits per heavy atom. The first-order chi connectivity index (χ1) is 11.8. The number of piperidine rings is 1. The highest BCUT2D eigenvalue weighted by atomic mass is 127. The van der Waals surface area contributed by atoms with Gasteiger partial charge in [0.25, 0.3) is 0 Å². The van der Waals surface area contributed by atoms with Crippen molar-refractivity contribution in [1.82, 2.24) is 15.5 Å². The third-order valence-electron chi connectivity index (χ3n) is 5.24. The third kappa shape index (κ3) is 5.58. The lowest BCUT2D eigenvalue weighted by atomic mass is 9.78. The van der Waals surface area contributed by atoms with Gasteiger partial charge in [0.05, 0.1) is 0 Å². The molecule has 140 valence electrons. The summed E-state index contributed by atoms with van der Waals surface area (Å²) in [6, 6.07) is 9.33. The Morgan fingerprint density at radius 1 is 1.20 bits per heavy atom. The van der Waals surface area contributed by atoms with Crippen molar-refractivity contribution < 1.29 is 0 Å². The van der Waals surface area contributed by atoms with Crippen molar-refractivity contribution >= 4 is 29.9 Å². The van der Waals surface area contributed by atoms with Gasteiger partial charge in [-0.05, 0) is 50.3 Å². The van der Waals surface area contributed by atoms with E-state index < -0.39 is 0 Å². The number of guanidine groups is 1. The van der Waals surface area contributed by atoms with Gasteiger partial charge in [-0.2, -0.15) is 0 Å². The molecular weight excluding hydrogens is 423 g/mol. The Labute approximate surface area is 169 Å². The molecule has 1 unspecified atom stereocenters. The van der Waals surface area contributed by atoms with E-state index >= 15 is 0 Å². The van der Waals surface area contributed by atoms with E-state index in [4.69, 9.17) is 4.99 Å². The Morgan fingerprint density at radius 2 is 1.96 bits per heavy atom. The molecule has 5 heteroatoms. The molecule has 0 spiro atoms. The van der Waals surface area contributed by atoms with E-state index in [0.717, 1.165) is 19.0 Å². The minimum absolute atomic E-state index is 0. The molecule has 3 rings (SSSR count). The molecule has 0 amide bonds. The number of hydrogen-bond acceptors (Lipinski definition) is 2. The van der Waals surface area contributed by atoms with Crippen LogP contribution in [0.1, 0.15) is 50.2 Å². The van der Waals surface area contributed by atoms with E-state index in [9.17, 15) is 0 Å². The molecule has 4 nitrogen and oxygen atoms in total. The minimum atomic E-state index is 0. The number of halogens is 1. The van der Waals surface area contributed by atoms with Crippen molar-refractivity contribution in [1.29, 1.82) is 0 Å². The summed E-state index contributed by atoms with van der Waals surface area (Å²) >= 11 is 0. The number of fused-ring (bicyclic) bond motifs is 1. The van der Waals surface area contributed by atoms with Crippen LogP contribution in [-0.4, -0.2) is 49.6 Å². The van der Waals surface area contributed by atoms with Gasteiger partial charge in [0, 0.05) is 38.1 Å². The third-order valence-corrected chi connectivity index (χ3v) is 5.24. The van der Waals surface area contributed by atoms with Crippen LogP contribution in [-0.2, 0) is 6.42 Å². The number of benzene rings is 1. The van der Waals surface area contributed by atoms with Gasteiger partial charge in [-0.3, -0.25) is 4.99 Å². The molecule has 1 aromatic carbocycles. The second-order valence-corrected chi connectivity index (χ2v) is 7.08. The van der Waals surface area contributed by atoms with Gasteiger partial charge >= 0.3 is 0 Å². The fourth-order valence-electron chi connectivity index (χ4n) is 3.86. The first-order valence-corrected chi connectivity index (χ1v) is 9.65. The van der Waals surface area contributed by atoms with Gasteiger partial charge in [-0.1, -0.05) is 31.2 Å². The van der Waals surface area contributed by atoms with Crippen LogP contribution >= 0.6 is 24.0 Å². The van der Waals surface area contributed by atoms with Gasteiger partial charge in [-0.25, -0.2) is 0 Å². The lowest BCUT2D eigenvalue weighted by Crippen LogP contribution is -2.49. The lowest BCUT2D eigenvalue weighted by molar-refractivity contribution is 0.206. The quantitative estimate of drug-likeness (QED) is 0.392. The molecule has 1 aliphatic heterocycles. The Kier molecular flexibility index (Phi) is 8.49. The summed E-state index contributed by atoms with van der Waals surface area (Å²) in [6.07, 6.45) is 4.87. The maximum Gasteiger partial charge on any atom is 0.191 e. The molecule has 25 heavy (non-hydrogen) atoms. The van der Waals surface area contributed by atoms with Gasteiger partial charge < -0.3 is 15.5 Å². The highest BCUT2D eigenvalue weighted by Crippen LogP contribution is 2.34. The van der Waals surface area contributed by atoms with E-state index in [2.05, 4.69) is 53.6 Å². The molecule has 0 aromatic heterocycles. The molecule has 1 fully saturated rings. The summed E-state index contributed by atoms with van der Waals surface area (Å²) < 4.78 is 0. The monoisotopic (exact) mass is 456 g/mol. The predicted octanol–water partition coefficient (Wildman–Crippen LogP) is 3.37. The number of nitrogens with zero attached hydrogens (tertiary/aromatic N) is 2. The van der Waals surface area contributed by atoms with Crippen LogP contribution in [0.3, 0.4) is 0 Å². The molecule has 1 saturated heterocycles. The molecule has 0 radical (unpaired) electrons. The number of nitrogens with one attached hydrogen (secondary N) is 2. The van der Waals surface area contributed by atoms with Crippen LogP contribution in [0.15, 0.2) is 29.3 Å². The molecular formula is C20H33IN4. The van der Waals surface area contributed by atoms with Crippen LogP contribution in [0.5, 0.6) is 0 Å². The predicted molar refractivity (Wildman–Crippen MR) is 117 cm³/mol. The van der Waals surface area contributed by atoms with E-state index in [1.165, 1.54) is 56.4 Å². The first-order valence-electron chi connectivity index (χ1n) is 9.65. The van der Waals surface area contributed by atoms with Crippen molar-refractivity contribution in [3.63, 3.8) is 0 Å². The van der Waals surface area contributed by atoms with Gasteiger partial charge in [0.1, 0.15) is 0 Å². The molecule has 0 bridgehead atoms. The summed E-state index contributed by atoms with van der Waals surface area (Å²) in [4.78, 5) is 7.44.